The summed E-state index contributed by atoms with van der Waals surface area (Å²) in [6.07, 6.45) is 0. The summed E-state index contributed by atoms with van der Waals surface area (Å²) in [4.78, 5) is 22.8. The summed E-state index contributed by atoms with van der Waals surface area (Å²) in [5.41, 5.74) is 0.924. The van der Waals surface area contributed by atoms with Crippen LogP contribution in [0.1, 0.15) is 6.92 Å². The lowest BCUT2D eigenvalue weighted by molar-refractivity contribution is -0.134. The van der Waals surface area contributed by atoms with Gasteiger partial charge in [0.2, 0.25) is 5.43 Å². The van der Waals surface area contributed by atoms with E-state index in [4.69, 9.17) is 9.90 Å². The Hall–Kier alpha value is -1.88. The number of anilines is 1. The van der Waals surface area contributed by atoms with E-state index in [0.717, 1.165) is 38.8 Å². The van der Waals surface area contributed by atoms with Gasteiger partial charge in [0.1, 0.15) is 0 Å². The molecule has 5 heteroatoms. The maximum atomic E-state index is 11.7. The summed E-state index contributed by atoms with van der Waals surface area (Å²) in [5, 5.41) is 10.7. The minimum absolute atomic E-state index is 0.108. The minimum atomic E-state index is -0.833. The Labute approximate surface area is 106 Å². The van der Waals surface area contributed by atoms with Crippen LogP contribution in [0.5, 0.6) is 0 Å². The molecule has 0 aliphatic carbocycles. The lowest BCUT2D eigenvalue weighted by Gasteiger charge is -2.28. The molecule has 0 amide bonds. The van der Waals surface area contributed by atoms with E-state index in [0.29, 0.717) is 0 Å². The van der Waals surface area contributed by atoms with E-state index in [2.05, 4.69) is 10.2 Å². The lowest BCUT2D eigenvalue weighted by Crippen LogP contribution is -2.44. The van der Waals surface area contributed by atoms with Gasteiger partial charge in [0, 0.05) is 33.1 Å². The van der Waals surface area contributed by atoms with Gasteiger partial charge in [-0.15, -0.1) is 0 Å². The van der Waals surface area contributed by atoms with E-state index in [1.165, 1.54) is 0 Å². The molecule has 1 saturated heterocycles. The van der Waals surface area contributed by atoms with Crippen molar-refractivity contribution in [3.63, 3.8) is 0 Å². The number of carboxylic acid groups (broad SMARTS) is 1. The van der Waals surface area contributed by atoms with E-state index in [1.54, 1.807) is 12.1 Å². The molecule has 0 saturated carbocycles. The van der Waals surface area contributed by atoms with E-state index in [1.807, 2.05) is 18.2 Å². The van der Waals surface area contributed by atoms with Crippen LogP contribution in [0, 0.1) is 0 Å². The van der Waals surface area contributed by atoms with Crippen molar-refractivity contribution in [2.24, 2.45) is 0 Å². The molecule has 1 aliphatic rings. The third-order valence-electron chi connectivity index (χ3n) is 2.43. The predicted molar refractivity (Wildman–Crippen MR) is 71.1 cm³/mol. The molecule has 2 N–H and O–H groups in total. The summed E-state index contributed by atoms with van der Waals surface area (Å²) >= 11 is 0. The highest BCUT2D eigenvalue weighted by molar-refractivity contribution is 5.62. The van der Waals surface area contributed by atoms with E-state index < -0.39 is 5.97 Å². The van der Waals surface area contributed by atoms with Crippen LogP contribution in [-0.2, 0) is 4.79 Å². The molecule has 1 fully saturated rings. The fourth-order valence-corrected chi connectivity index (χ4v) is 1.69. The Kier molecular flexibility index (Phi) is 5.87. The number of nitrogens with one attached hydrogen (secondary N) is 1. The number of piperazine rings is 1. The molecule has 5 nitrogen and oxygen atoms in total. The van der Waals surface area contributed by atoms with Crippen molar-refractivity contribution < 1.29 is 9.90 Å². The smallest absolute Gasteiger partial charge is 0.300 e. The molecule has 0 atom stereocenters. The largest absolute Gasteiger partial charge is 0.481 e. The number of carbonyl (C=O) groups is 1. The van der Waals surface area contributed by atoms with Gasteiger partial charge in [-0.05, 0) is 12.1 Å². The Morgan fingerprint density at radius 2 is 1.78 bits per heavy atom. The van der Waals surface area contributed by atoms with Crippen molar-refractivity contribution in [1.29, 1.82) is 0 Å². The highest BCUT2D eigenvalue weighted by Gasteiger charge is 2.11. The highest BCUT2D eigenvalue weighted by Crippen LogP contribution is 2.06. The Morgan fingerprint density at radius 3 is 2.39 bits per heavy atom. The van der Waals surface area contributed by atoms with Gasteiger partial charge in [-0.2, -0.15) is 0 Å². The van der Waals surface area contributed by atoms with E-state index in [9.17, 15) is 4.79 Å². The molecule has 0 bridgehead atoms. The van der Waals surface area contributed by atoms with Crippen LogP contribution in [0.2, 0.25) is 0 Å². The van der Waals surface area contributed by atoms with Crippen LogP contribution in [0.4, 0.5) is 5.69 Å². The molecule has 0 spiro atoms. The first-order valence-corrected chi connectivity index (χ1v) is 5.86. The first-order chi connectivity index (χ1) is 8.61. The second kappa shape index (κ2) is 7.45. The molecule has 0 aromatic heterocycles. The van der Waals surface area contributed by atoms with Crippen LogP contribution < -0.4 is 15.6 Å². The van der Waals surface area contributed by atoms with E-state index >= 15 is 0 Å². The third-order valence-corrected chi connectivity index (χ3v) is 2.43. The van der Waals surface area contributed by atoms with Crippen LogP contribution in [0.15, 0.2) is 35.1 Å². The molecule has 0 unspecified atom stereocenters. The molecule has 1 aromatic rings. The monoisotopic (exact) mass is 250 g/mol. The predicted octanol–water partition coefficient (Wildman–Crippen LogP) is 0.547. The summed E-state index contributed by atoms with van der Waals surface area (Å²) < 4.78 is 0. The fraction of sp³-hybridized carbons (Fsp3) is 0.385. The molecule has 2 rings (SSSR count). The van der Waals surface area contributed by atoms with E-state index in [-0.39, 0.29) is 5.43 Å². The zero-order chi connectivity index (χ0) is 13.4. The fourth-order valence-electron chi connectivity index (χ4n) is 1.69. The molecule has 1 aliphatic heterocycles. The van der Waals surface area contributed by atoms with Gasteiger partial charge in [0.25, 0.3) is 5.97 Å². The second-order valence-electron chi connectivity index (χ2n) is 3.92. The molecular formula is C13H18N2O3. The molecular weight excluding hydrogens is 232 g/mol. The zero-order valence-electron chi connectivity index (χ0n) is 10.4. The van der Waals surface area contributed by atoms with Crippen molar-refractivity contribution in [3.05, 3.63) is 40.6 Å². The molecule has 98 valence electrons. The molecule has 1 heterocycles. The first-order valence-electron chi connectivity index (χ1n) is 5.86. The Balaban J connectivity index is 0.000000357. The Bertz CT molecular complexity index is 438. The van der Waals surface area contributed by atoms with Gasteiger partial charge in [-0.25, -0.2) is 0 Å². The van der Waals surface area contributed by atoms with Crippen molar-refractivity contribution in [1.82, 2.24) is 5.32 Å². The van der Waals surface area contributed by atoms with Gasteiger partial charge in [0.05, 0.1) is 5.69 Å². The molecule has 0 radical (unpaired) electrons. The number of hydrogen-bond donors (Lipinski definition) is 2. The van der Waals surface area contributed by atoms with Crippen LogP contribution in [0.3, 0.4) is 0 Å². The standard InChI is InChI=1S/C11H14N2O.C2H4O2/c14-11-5-3-1-2-4-10(11)13-8-6-12-7-9-13;1-2(3)4/h1-5,12H,6-9H2;1H3,(H,3,4). The van der Waals surface area contributed by atoms with Crippen molar-refractivity contribution >= 4 is 11.7 Å². The number of carboxylic acids is 1. The van der Waals surface area contributed by atoms with Crippen molar-refractivity contribution in [2.75, 3.05) is 31.1 Å². The lowest BCUT2D eigenvalue weighted by atomic mass is 10.3. The van der Waals surface area contributed by atoms with Crippen LogP contribution in [0.25, 0.3) is 0 Å². The zero-order valence-corrected chi connectivity index (χ0v) is 10.4. The van der Waals surface area contributed by atoms with Gasteiger partial charge in [0.15, 0.2) is 0 Å². The first kappa shape index (κ1) is 14.2. The number of hydrogen-bond acceptors (Lipinski definition) is 4. The highest BCUT2D eigenvalue weighted by atomic mass is 16.4. The number of rotatable bonds is 1. The summed E-state index contributed by atoms with van der Waals surface area (Å²) in [5.74, 6) is -0.833. The van der Waals surface area contributed by atoms with Crippen LogP contribution in [-0.4, -0.2) is 37.3 Å². The minimum Gasteiger partial charge on any atom is -0.481 e. The quantitative estimate of drug-likeness (QED) is 0.761. The maximum absolute atomic E-state index is 11.7. The average molecular weight is 250 g/mol. The normalized spacial score (nSPS) is 14.4. The average Bonchev–Trinajstić information content (AvgIpc) is 2.54. The van der Waals surface area contributed by atoms with Gasteiger partial charge in [-0.3, -0.25) is 9.59 Å². The van der Waals surface area contributed by atoms with Crippen molar-refractivity contribution in [3.8, 4) is 0 Å². The molecule has 1 aromatic carbocycles. The second-order valence-corrected chi connectivity index (χ2v) is 3.92. The van der Waals surface area contributed by atoms with Gasteiger partial charge in [-0.1, -0.05) is 18.2 Å². The van der Waals surface area contributed by atoms with Crippen molar-refractivity contribution in [2.45, 2.75) is 6.92 Å². The summed E-state index contributed by atoms with van der Waals surface area (Å²) in [7, 11) is 0. The van der Waals surface area contributed by atoms with Gasteiger partial charge >= 0.3 is 0 Å². The SMILES string of the molecule is CC(=O)O.O=c1cccccc1N1CCNCC1. The van der Waals surface area contributed by atoms with Crippen LogP contribution >= 0.6 is 0 Å². The number of nitrogens with zero attached hydrogens (tertiary/aromatic N) is 1. The Morgan fingerprint density at radius 1 is 1.22 bits per heavy atom. The topological polar surface area (TPSA) is 69.6 Å². The number of aliphatic carboxylic acids is 1. The summed E-state index contributed by atoms with van der Waals surface area (Å²) in [6.45, 7) is 4.83. The third kappa shape index (κ3) is 4.97. The molecule has 18 heavy (non-hydrogen) atoms. The maximum Gasteiger partial charge on any atom is 0.300 e. The van der Waals surface area contributed by atoms with Gasteiger partial charge < -0.3 is 15.3 Å². The summed E-state index contributed by atoms with van der Waals surface area (Å²) in [6, 6.07) is 9.10.